The molecular weight excluding hydrogens is 532 g/mol. The maximum Gasteiger partial charge on any atom is 0.345 e. The molecule has 0 aliphatic heterocycles. The van der Waals surface area contributed by atoms with Crippen LogP contribution in [0.25, 0.3) is 33.9 Å². The highest BCUT2D eigenvalue weighted by molar-refractivity contribution is 7.13. The van der Waals surface area contributed by atoms with Crippen molar-refractivity contribution in [3.63, 3.8) is 0 Å². The van der Waals surface area contributed by atoms with Gasteiger partial charge in [0.2, 0.25) is 0 Å². The Balaban J connectivity index is 1.39. The lowest BCUT2D eigenvalue weighted by Crippen LogP contribution is -2.20. The molecule has 3 aromatic heterocycles. The molecule has 0 spiro atoms. The van der Waals surface area contributed by atoms with Crippen molar-refractivity contribution in [1.29, 1.82) is 5.26 Å². The highest BCUT2D eigenvalue weighted by Gasteiger charge is 2.15. The predicted octanol–water partition coefficient (Wildman–Crippen LogP) is 6.11. The molecule has 0 radical (unpaired) electrons. The number of fused-ring (bicyclic) bond motifs is 1. The number of hydrogen-bond acceptors (Lipinski definition) is 9. The summed E-state index contributed by atoms with van der Waals surface area (Å²) >= 11 is 8.60. The Morgan fingerprint density at radius 3 is 2.89 bits per heavy atom. The van der Waals surface area contributed by atoms with Crippen LogP contribution in [0.1, 0.15) is 10.6 Å². The molecule has 5 aromatic rings. The molecule has 0 fully saturated rings. The topological polar surface area (TPSA) is 118 Å². The summed E-state index contributed by atoms with van der Waals surface area (Å²) in [6, 6.07) is 15.8. The lowest BCUT2D eigenvalue weighted by atomic mass is 10.1. The summed E-state index contributed by atoms with van der Waals surface area (Å²) in [6.45, 7) is -0.227. The van der Waals surface area contributed by atoms with Gasteiger partial charge in [0.15, 0.2) is 11.7 Å². The number of hydrogen-bond donors (Lipinski definition) is 1. The lowest BCUT2D eigenvalue weighted by Gasteiger charge is -2.09. The van der Waals surface area contributed by atoms with E-state index in [1.807, 2.05) is 0 Å². The first-order chi connectivity index (χ1) is 18.0. The van der Waals surface area contributed by atoms with Gasteiger partial charge in [0.1, 0.15) is 22.4 Å². The van der Waals surface area contributed by atoms with Crippen molar-refractivity contribution in [3.8, 4) is 23.1 Å². The highest BCUT2D eigenvalue weighted by Crippen LogP contribution is 2.30. The minimum Gasteiger partial charge on any atom is -0.483 e. The summed E-state index contributed by atoms with van der Waals surface area (Å²) in [5, 5.41) is 18.0. The number of aromatic nitrogens is 2. The van der Waals surface area contributed by atoms with Gasteiger partial charge in [-0.05, 0) is 36.4 Å². The number of benzene rings is 2. The number of halogens is 1. The van der Waals surface area contributed by atoms with E-state index in [-0.39, 0.29) is 23.7 Å². The Hall–Kier alpha value is -4.30. The lowest BCUT2D eigenvalue weighted by molar-refractivity contribution is -0.118. The summed E-state index contributed by atoms with van der Waals surface area (Å²) < 4.78 is 11.1. The molecule has 0 unspecified atom stereocenters. The van der Waals surface area contributed by atoms with Gasteiger partial charge in [0.25, 0.3) is 5.91 Å². The highest BCUT2D eigenvalue weighted by atomic mass is 35.5. The van der Waals surface area contributed by atoms with E-state index < -0.39 is 5.63 Å². The van der Waals surface area contributed by atoms with Gasteiger partial charge < -0.3 is 9.15 Å². The average Bonchev–Trinajstić information content (AvgIpc) is 3.59. The molecule has 37 heavy (non-hydrogen) atoms. The van der Waals surface area contributed by atoms with Crippen LogP contribution in [0.15, 0.2) is 74.7 Å². The molecule has 1 amide bonds. The Morgan fingerprint density at radius 2 is 2.08 bits per heavy atom. The summed E-state index contributed by atoms with van der Waals surface area (Å²) in [6.07, 6.45) is 3.22. The Morgan fingerprint density at radius 1 is 1.22 bits per heavy atom. The molecule has 5 rings (SSSR count). The van der Waals surface area contributed by atoms with Crippen molar-refractivity contribution in [3.05, 3.63) is 91.5 Å². The molecule has 8 nitrogen and oxygen atoms in total. The average molecular weight is 547 g/mol. The fourth-order valence-electron chi connectivity index (χ4n) is 3.41. The minimum absolute atomic E-state index is 0.227. The zero-order valence-electron chi connectivity index (χ0n) is 18.8. The summed E-state index contributed by atoms with van der Waals surface area (Å²) in [4.78, 5) is 33.3. The van der Waals surface area contributed by atoms with Crippen LogP contribution in [-0.4, -0.2) is 22.5 Å². The van der Waals surface area contributed by atoms with Crippen molar-refractivity contribution in [1.82, 2.24) is 9.97 Å². The van der Waals surface area contributed by atoms with E-state index in [1.165, 1.54) is 22.7 Å². The number of rotatable bonds is 7. The van der Waals surface area contributed by atoms with Crippen molar-refractivity contribution in [2.24, 2.45) is 0 Å². The number of nitrogens with zero attached hydrogens (tertiary/aromatic N) is 3. The number of thiazole rings is 2. The molecule has 0 saturated carbocycles. The number of carbonyl (C=O) groups is 1. The molecular formula is C26H15ClN4O4S2. The smallest absolute Gasteiger partial charge is 0.345 e. The van der Waals surface area contributed by atoms with E-state index in [4.69, 9.17) is 20.8 Å². The zero-order valence-corrected chi connectivity index (χ0v) is 21.2. The van der Waals surface area contributed by atoms with E-state index in [0.717, 1.165) is 0 Å². The van der Waals surface area contributed by atoms with E-state index in [9.17, 15) is 14.9 Å². The molecule has 1 N–H and O–H groups in total. The van der Waals surface area contributed by atoms with Crippen LogP contribution >= 0.6 is 34.3 Å². The number of anilines is 1. The van der Waals surface area contributed by atoms with E-state index in [2.05, 4.69) is 21.4 Å². The van der Waals surface area contributed by atoms with E-state index in [0.29, 0.717) is 43.1 Å². The fraction of sp³-hybridized carbons (Fsp3) is 0.0385. The monoisotopic (exact) mass is 546 g/mol. The van der Waals surface area contributed by atoms with Crippen molar-refractivity contribution in [2.45, 2.75) is 0 Å². The second-order valence-corrected chi connectivity index (χ2v) is 9.74. The second-order valence-electron chi connectivity index (χ2n) is 7.55. The number of para-hydroxylation sites is 1. The molecule has 3 heterocycles. The second kappa shape index (κ2) is 10.8. The normalized spacial score (nSPS) is 11.3. The van der Waals surface area contributed by atoms with Crippen LogP contribution in [-0.2, 0) is 4.79 Å². The van der Waals surface area contributed by atoms with Crippen LogP contribution in [0.5, 0.6) is 5.75 Å². The number of nitrogens with one attached hydrogen (secondary N) is 1. The maximum atomic E-state index is 12.6. The Kier molecular flexibility index (Phi) is 7.09. The number of amides is 1. The number of carbonyl (C=O) groups excluding carboxylic acids is 1. The van der Waals surface area contributed by atoms with Gasteiger partial charge in [-0.15, -0.1) is 22.7 Å². The summed E-state index contributed by atoms with van der Waals surface area (Å²) in [7, 11) is 0. The van der Waals surface area contributed by atoms with Crippen LogP contribution in [0.2, 0.25) is 5.02 Å². The van der Waals surface area contributed by atoms with Gasteiger partial charge in [-0.1, -0.05) is 29.8 Å². The molecule has 0 aliphatic rings. The minimum atomic E-state index is -0.538. The first kappa shape index (κ1) is 24.4. The van der Waals surface area contributed by atoms with Crippen molar-refractivity contribution in [2.75, 3.05) is 11.9 Å². The maximum absolute atomic E-state index is 12.6. The van der Waals surface area contributed by atoms with Gasteiger partial charge in [-0.2, -0.15) is 5.26 Å². The zero-order chi connectivity index (χ0) is 25.8. The van der Waals surface area contributed by atoms with Gasteiger partial charge in [0.05, 0.1) is 16.8 Å². The quantitative estimate of drug-likeness (QED) is 0.193. The van der Waals surface area contributed by atoms with Crippen LogP contribution in [0.3, 0.4) is 0 Å². The summed E-state index contributed by atoms with van der Waals surface area (Å²) in [5.74, 6) is 0.0719. The van der Waals surface area contributed by atoms with Crippen LogP contribution in [0, 0.1) is 11.3 Å². The molecule has 11 heteroatoms. The largest absolute Gasteiger partial charge is 0.483 e. The first-order valence-corrected chi connectivity index (χ1v) is 12.9. The van der Waals surface area contributed by atoms with E-state index >= 15 is 0 Å². The van der Waals surface area contributed by atoms with E-state index in [1.54, 1.807) is 71.6 Å². The first-order valence-electron chi connectivity index (χ1n) is 10.7. The SMILES string of the molecule is N#CC(=Cc1ccccc1OCC(=O)Nc1nccs1)c1nc(-c2cc3cc(Cl)ccc3oc2=O)cs1. The molecule has 0 aliphatic carbocycles. The van der Waals surface area contributed by atoms with Gasteiger partial charge in [-0.3, -0.25) is 10.1 Å². The Bertz CT molecular complexity index is 1740. The van der Waals surface area contributed by atoms with Gasteiger partial charge in [-0.25, -0.2) is 14.8 Å². The van der Waals surface area contributed by atoms with Crippen molar-refractivity contribution >= 4 is 67.9 Å². The molecule has 2 aromatic carbocycles. The number of allylic oxidation sites excluding steroid dienone is 1. The molecule has 0 bridgehead atoms. The standard InChI is InChI=1S/C26H15ClN4O4S2/c27-18-5-6-22-16(10-18)11-19(25(33)35-22)20-14-37-24(30-20)17(12-28)9-15-3-1-2-4-21(15)34-13-23(32)31-26-29-7-8-36-26/h1-11,14H,13H2,(H,29,31,32). The predicted molar refractivity (Wildman–Crippen MR) is 145 cm³/mol. The van der Waals surface area contributed by atoms with Crippen LogP contribution in [0.4, 0.5) is 5.13 Å². The third-order valence-corrected chi connectivity index (χ3v) is 6.88. The number of ether oxygens (including phenoxy) is 1. The third kappa shape index (κ3) is 5.59. The molecule has 182 valence electrons. The molecule has 0 saturated heterocycles. The molecule has 0 atom stereocenters. The fourth-order valence-corrected chi connectivity index (χ4v) is 4.92. The third-order valence-electron chi connectivity index (χ3n) is 5.08. The van der Waals surface area contributed by atoms with Gasteiger partial charge in [0, 0.05) is 32.9 Å². The Labute approximate surface area is 223 Å². The van der Waals surface area contributed by atoms with Crippen LogP contribution < -0.4 is 15.7 Å². The van der Waals surface area contributed by atoms with Crippen molar-refractivity contribution < 1.29 is 13.9 Å². The van der Waals surface area contributed by atoms with Gasteiger partial charge >= 0.3 is 5.63 Å². The number of nitriles is 1. The summed E-state index contributed by atoms with van der Waals surface area (Å²) in [5.41, 5.74) is 1.40.